The van der Waals surface area contributed by atoms with Crippen LogP contribution in [-0.4, -0.2) is 13.1 Å². The molecule has 0 aliphatic heterocycles. The van der Waals surface area contributed by atoms with E-state index in [1.807, 2.05) is 20.8 Å². The molecular formula is C14H17F3N2. The monoisotopic (exact) mass is 270 g/mol. The summed E-state index contributed by atoms with van der Waals surface area (Å²) in [6.07, 6.45) is -4.51. The van der Waals surface area contributed by atoms with Gasteiger partial charge in [-0.2, -0.15) is 18.4 Å². The van der Waals surface area contributed by atoms with Crippen molar-refractivity contribution >= 4 is 5.69 Å². The maximum absolute atomic E-state index is 12.9. The minimum Gasteiger partial charge on any atom is -0.372 e. The first-order valence-corrected chi connectivity index (χ1v) is 6.02. The van der Waals surface area contributed by atoms with Crippen LogP contribution in [0.2, 0.25) is 0 Å². The van der Waals surface area contributed by atoms with Gasteiger partial charge in [-0.05, 0) is 31.0 Å². The zero-order chi connectivity index (χ0) is 14.8. The van der Waals surface area contributed by atoms with Gasteiger partial charge in [0.25, 0.3) is 0 Å². The standard InChI is InChI=1S/C14H17F3N2/c1-9(2)10(3)19(4)12-6-5-11(8-18)13(7-12)14(15,16)17/h5-7,9-10H,1-4H3. The molecule has 1 atom stereocenters. The van der Waals surface area contributed by atoms with Crippen molar-refractivity contribution in [1.29, 1.82) is 5.26 Å². The lowest BCUT2D eigenvalue weighted by Gasteiger charge is -2.30. The molecule has 0 heterocycles. The summed E-state index contributed by atoms with van der Waals surface area (Å²) in [5.41, 5.74) is -0.760. The minimum atomic E-state index is -4.51. The highest BCUT2D eigenvalue weighted by Crippen LogP contribution is 2.34. The number of nitriles is 1. The number of hydrogen-bond donors (Lipinski definition) is 0. The van der Waals surface area contributed by atoms with Gasteiger partial charge in [-0.15, -0.1) is 0 Å². The Kier molecular flexibility index (Phi) is 4.46. The molecule has 5 heteroatoms. The van der Waals surface area contributed by atoms with Gasteiger partial charge >= 0.3 is 6.18 Å². The zero-order valence-electron chi connectivity index (χ0n) is 11.4. The van der Waals surface area contributed by atoms with Gasteiger partial charge in [-0.25, -0.2) is 0 Å². The summed E-state index contributed by atoms with van der Waals surface area (Å²) in [5, 5.41) is 8.75. The third-order valence-corrected chi connectivity index (χ3v) is 3.41. The molecule has 0 fully saturated rings. The molecular weight excluding hydrogens is 253 g/mol. The molecule has 1 rings (SSSR count). The third kappa shape index (κ3) is 3.40. The molecule has 0 aromatic heterocycles. The Morgan fingerprint density at radius 1 is 1.21 bits per heavy atom. The summed E-state index contributed by atoms with van der Waals surface area (Å²) in [4.78, 5) is 1.79. The number of nitrogens with zero attached hydrogens (tertiary/aromatic N) is 2. The van der Waals surface area contributed by atoms with Crippen LogP contribution in [0.25, 0.3) is 0 Å². The second-order valence-corrected chi connectivity index (χ2v) is 4.93. The number of hydrogen-bond acceptors (Lipinski definition) is 2. The van der Waals surface area contributed by atoms with Crippen molar-refractivity contribution in [2.45, 2.75) is 33.0 Å². The van der Waals surface area contributed by atoms with Crippen LogP contribution in [0.1, 0.15) is 31.9 Å². The van der Waals surface area contributed by atoms with E-state index in [1.165, 1.54) is 6.07 Å². The quantitative estimate of drug-likeness (QED) is 0.828. The summed E-state index contributed by atoms with van der Waals surface area (Å²) in [5.74, 6) is 0.315. The van der Waals surface area contributed by atoms with Gasteiger partial charge in [-0.3, -0.25) is 0 Å². The van der Waals surface area contributed by atoms with Crippen molar-refractivity contribution in [3.63, 3.8) is 0 Å². The lowest BCUT2D eigenvalue weighted by molar-refractivity contribution is -0.137. The summed E-state index contributed by atoms with van der Waals surface area (Å²) in [6.45, 7) is 5.97. The Labute approximate surface area is 111 Å². The van der Waals surface area contributed by atoms with Crippen LogP contribution in [-0.2, 0) is 6.18 Å². The summed E-state index contributed by atoms with van der Waals surface area (Å²) in [6, 6.07) is 5.50. The smallest absolute Gasteiger partial charge is 0.372 e. The molecule has 1 aromatic carbocycles. The Balaban J connectivity index is 3.23. The number of rotatable bonds is 3. The molecule has 104 valence electrons. The van der Waals surface area contributed by atoms with Gasteiger partial charge in [0.15, 0.2) is 0 Å². The Morgan fingerprint density at radius 2 is 1.79 bits per heavy atom. The number of anilines is 1. The Bertz CT molecular complexity index is 486. The predicted molar refractivity (Wildman–Crippen MR) is 68.9 cm³/mol. The van der Waals surface area contributed by atoms with E-state index in [9.17, 15) is 13.2 Å². The average molecular weight is 270 g/mol. The average Bonchev–Trinajstić information content (AvgIpc) is 2.35. The number of alkyl halides is 3. The largest absolute Gasteiger partial charge is 0.417 e. The third-order valence-electron chi connectivity index (χ3n) is 3.41. The maximum Gasteiger partial charge on any atom is 0.417 e. The van der Waals surface area contributed by atoms with Crippen LogP contribution < -0.4 is 4.90 Å². The first-order valence-electron chi connectivity index (χ1n) is 6.02. The van der Waals surface area contributed by atoms with Crippen LogP contribution >= 0.6 is 0 Å². The van der Waals surface area contributed by atoms with E-state index in [0.717, 1.165) is 6.07 Å². The number of benzene rings is 1. The van der Waals surface area contributed by atoms with E-state index in [-0.39, 0.29) is 11.6 Å². The first kappa shape index (κ1) is 15.4. The summed E-state index contributed by atoms with van der Waals surface area (Å²) < 4.78 is 38.6. The molecule has 2 nitrogen and oxygen atoms in total. The van der Waals surface area contributed by atoms with E-state index >= 15 is 0 Å². The molecule has 0 saturated carbocycles. The van der Waals surface area contributed by atoms with Crippen molar-refractivity contribution in [2.24, 2.45) is 5.92 Å². The Hall–Kier alpha value is -1.70. The highest BCUT2D eigenvalue weighted by molar-refractivity contribution is 5.55. The van der Waals surface area contributed by atoms with E-state index in [4.69, 9.17) is 5.26 Å². The van der Waals surface area contributed by atoms with Gasteiger partial charge in [0.2, 0.25) is 0 Å². The topological polar surface area (TPSA) is 27.0 Å². The molecule has 0 aliphatic rings. The van der Waals surface area contributed by atoms with Crippen molar-refractivity contribution in [3.8, 4) is 6.07 Å². The van der Waals surface area contributed by atoms with E-state index in [0.29, 0.717) is 11.6 Å². The molecule has 0 saturated heterocycles. The lowest BCUT2D eigenvalue weighted by atomic mass is 10.0. The molecule has 0 aliphatic carbocycles. The summed E-state index contributed by atoms with van der Waals surface area (Å²) in [7, 11) is 1.76. The van der Waals surface area contributed by atoms with Gasteiger partial charge in [0.05, 0.1) is 17.2 Å². The van der Waals surface area contributed by atoms with Crippen molar-refractivity contribution in [2.75, 3.05) is 11.9 Å². The minimum absolute atomic E-state index is 0.106. The molecule has 0 radical (unpaired) electrons. The van der Waals surface area contributed by atoms with E-state index in [2.05, 4.69) is 0 Å². The fraction of sp³-hybridized carbons (Fsp3) is 0.500. The van der Waals surface area contributed by atoms with Gasteiger partial charge in [0.1, 0.15) is 0 Å². The van der Waals surface area contributed by atoms with Crippen molar-refractivity contribution in [1.82, 2.24) is 0 Å². The molecule has 0 spiro atoms. The molecule has 1 aromatic rings. The molecule has 0 amide bonds. The van der Waals surface area contributed by atoms with E-state index < -0.39 is 11.7 Å². The Morgan fingerprint density at radius 3 is 2.21 bits per heavy atom. The summed E-state index contributed by atoms with van der Waals surface area (Å²) >= 11 is 0. The predicted octanol–water partition coefficient (Wildman–Crippen LogP) is 4.06. The number of halogens is 3. The second kappa shape index (κ2) is 5.52. The zero-order valence-corrected chi connectivity index (χ0v) is 11.4. The van der Waals surface area contributed by atoms with Crippen molar-refractivity contribution in [3.05, 3.63) is 29.3 Å². The molecule has 0 N–H and O–H groups in total. The van der Waals surface area contributed by atoms with E-state index in [1.54, 1.807) is 24.1 Å². The highest BCUT2D eigenvalue weighted by Gasteiger charge is 2.34. The van der Waals surface area contributed by atoms with Crippen LogP contribution in [0.15, 0.2) is 18.2 Å². The normalized spacial score (nSPS) is 13.2. The van der Waals surface area contributed by atoms with Crippen LogP contribution in [0.5, 0.6) is 0 Å². The van der Waals surface area contributed by atoms with Crippen molar-refractivity contribution < 1.29 is 13.2 Å². The fourth-order valence-corrected chi connectivity index (χ4v) is 1.77. The van der Waals surface area contributed by atoms with Gasteiger partial charge in [-0.1, -0.05) is 13.8 Å². The van der Waals surface area contributed by atoms with Gasteiger partial charge in [0, 0.05) is 18.8 Å². The molecule has 19 heavy (non-hydrogen) atoms. The molecule has 1 unspecified atom stereocenters. The van der Waals surface area contributed by atoms with Gasteiger partial charge < -0.3 is 4.90 Å². The molecule has 0 bridgehead atoms. The second-order valence-electron chi connectivity index (χ2n) is 4.93. The maximum atomic E-state index is 12.9. The highest BCUT2D eigenvalue weighted by atomic mass is 19.4. The van der Waals surface area contributed by atoms with Crippen LogP contribution in [0.3, 0.4) is 0 Å². The first-order chi connectivity index (χ1) is 8.68. The SMILES string of the molecule is CC(C)C(C)N(C)c1ccc(C#N)c(C(F)(F)F)c1. The lowest BCUT2D eigenvalue weighted by Crippen LogP contribution is -2.33. The fourth-order valence-electron chi connectivity index (χ4n) is 1.77. The van der Waals surface area contributed by atoms with Crippen LogP contribution in [0, 0.1) is 17.2 Å². The van der Waals surface area contributed by atoms with Crippen LogP contribution in [0.4, 0.5) is 18.9 Å².